The van der Waals surface area contributed by atoms with Gasteiger partial charge in [0.15, 0.2) is 0 Å². The molecule has 2 amide bonds. The minimum atomic E-state index is -3.52. The molecule has 1 unspecified atom stereocenters. The van der Waals surface area contributed by atoms with E-state index in [-0.39, 0.29) is 24.8 Å². The lowest BCUT2D eigenvalue weighted by Gasteiger charge is -2.33. The summed E-state index contributed by atoms with van der Waals surface area (Å²) in [6.45, 7) is 12.0. The predicted octanol–water partition coefficient (Wildman–Crippen LogP) is 4.57. The van der Waals surface area contributed by atoms with E-state index in [4.69, 9.17) is 0 Å². The number of sulfonamides is 1. The largest absolute Gasteiger partial charge is 0.350 e. The molecule has 2 aromatic rings. The van der Waals surface area contributed by atoms with Crippen LogP contribution in [0.5, 0.6) is 0 Å². The first-order chi connectivity index (χ1) is 16.7. The molecule has 0 bridgehead atoms. The maximum atomic E-state index is 13.5. The second kappa shape index (κ2) is 12.4. The minimum absolute atomic E-state index is 0.128. The molecule has 0 saturated heterocycles. The zero-order valence-corrected chi connectivity index (χ0v) is 23.5. The van der Waals surface area contributed by atoms with E-state index in [1.54, 1.807) is 11.0 Å². The lowest BCUT2D eigenvalue weighted by atomic mass is 10.0. The van der Waals surface area contributed by atoms with Crippen molar-refractivity contribution in [1.29, 1.82) is 0 Å². The summed E-state index contributed by atoms with van der Waals surface area (Å²) in [5.41, 5.74) is 3.17. The number of hydrogen-bond acceptors (Lipinski definition) is 4. The molecule has 0 aliphatic carbocycles. The summed E-state index contributed by atoms with van der Waals surface area (Å²) in [5, 5.41) is 3.00. The van der Waals surface area contributed by atoms with Gasteiger partial charge in [0, 0.05) is 25.0 Å². The van der Waals surface area contributed by atoms with Crippen LogP contribution in [0.1, 0.15) is 63.6 Å². The summed E-state index contributed by atoms with van der Waals surface area (Å²) in [6, 6.07) is 14.6. The van der Waals surface area contributed by atoms with Gasteiger partial charge in [0.1, 0.15) is 6.04 Å². The number of aryl methyl sites for hydroxylation is 2. The molecule has 2 aromatic carbocycles. The van der Waals surface area contributed by atoms with Gasteiger partial charge in [-0.25, -0.2) is 8.42 Å². The third kappa shape index (κ3) is 8.97. The van der Waals surface area contributed by atoms with Crippen LogP contribution in [0.4, 0.5) is 5.69 Å². The second-order valence-electron chi connectivity index (χ2n) is 10.4. The number of anilines is 1. The summed E-state index contributed by atoms with van der Waals surface area (Å²) in [5.74, 6) is -0.368. The van der Waals surface area contributed by atoms with Crippen molar-refractivity contribution in [2.24, 2.45) is 0 Å². The van der Waals surface area contributed by atoms with Crippen molar-refractivity contribution in [2.45, 2.75) is 78.9 Å². The number of carbonyl (C=O) groups is 2. The van der Waals surface area contributed by atoms with Crippen molar-refractivity contribution in [3.8, 4) is 0 Å². The van der Waals surface area contributed by atoms with Crippen LogP contribution < -0.4 is 9.62 Å². The molecule has 7 nitrogen and oxygen atoms in total. The fourth-order valence-electron chi connectivity index (χ4n) is 4.05. The fourth-order valence-corrected chi connectivity index (χ4v) is 5.01. The zero-order chi connectivity index (χ0) is 27.1. The Labute approximate surface area is 216 Å². The highest BCUT2D eigenvalue weighted by Crippen LogP contribution is 2.21. The molecular formula is C28H41N3O4S. The summed E-state index contributed by atoms with van der Waals surface area (Å²) in [7, 11) is -3.52. The molecule has 0 aromatic heterocycles. The molecule has 1 N–H and O–H groups in total. The molecule has 198 valence electrons. The first kappa shape index (κ1) is 29.4. The van der Waals surface area contributed by atoms with Crippen LogP contribution >= 0.6 is 0 Å². The molecule has 0 heterocycles. The molecule has 0 saturated carbocycles. The SMILES string of the molecule is CCC(C(=O)NC(C)(C)C)N(Cc1ccc(C)cc1)C(=O)CCCN(c1cccc(C)c1)S(C)(=O)=O. The van der Waals surface area contributed by atoms with Crippen molar-refractivity contribution in [3.63, 3.8) is 0 Å². The number of nitrogens with zero attached hydrogens (tertiary/aromatic N) is 2. The Morgan fingerprint density at radius 1 is 1.00 bits per heavy atom. The Morgan fingerprint density at radius 3 is 2.17 bits per heavy atom. The van der Waals surface area contributed by atoms with Crippen LogP contribution in [0, 0.1) is 13.8 Å². The lowest BCUT2D eigenvalue weighted by molar-refractivity contribution is -0.142. The van der Waals surface area contributed by atoms with Gasteiger partial charge in [0.25, 0.3) is 0 Å². The van der Waals surface area contributed by atoms with Crippen LogP contribution in [0.25, 0.3) is 0 Å². The summed E-state index contributed by atoms with van der Waals surface area (Å²) >= 11 is 0. The Bertz CT molecular complexity index is 1140. The number of amides is 2. The monoisotopic (exact) mass is 515 g/mol. The Kier molecular flexibility index (Phi) is 10.1. The van der Waals surface area contributed by atoms with E-state index in [9.17, 15) is 18.0 Å². The number of hydrogen-bond donors (Lipinski definition) is 1. The third-order valence-corrected chi connectivity index (χ3v) is 6.99. The van der Waals surface area contributed by atoms with E-state index in [0.29, 0.717) is 25.1 Å². The van der Waals surface area contributed by atoms with Gasteiger partial charge in [-0.3, -0.25) is 13.9 Å². The first-order valence-corrected chi connectivity index (χ1v) is 14.3. The lowest BCUT2D eigenvalue weighted by Crippen LogP contribution is -2.53. The first-order valence-electron chi connectivity index (χ1n) is 12.4. The molecule has 0 spiro atoms. The molecule has 2 rings (SSSR count). The van der Waals surface area contributed by atoms with Gasteiger partial charge in [0.2, 0.25) is 21.8 Å². The normalized spacial score (nSPS) is 12.6. The number of benzene rings is 2. The molecule has 1 atom stereocenters. The predicted molar refractivity (Wildman–Crippen MR) is 146 cm³/mol. The van der Waals surface area contributed by atoms with Gasteiger partial charge in [-0.2, -0.15) is 0 Å². The molecule has 0 radical (unpaired) electrons. The van der Waals surface area contributed by atoms with Crippen LogP contribution in [-0.4, -0.2) is 49.5 Å². The minimum Gasteiger partial charge on any atom is -0.350 e. The maximum absolute atomic E-state index is 13.5. The highest BCUT2D eigenvalue weighted by Gasteiger charge is 2.30. The van der Waals surface area contributed by atoms with Gasteiger partial charge in [0.05, 0.1) is 11.9 Å². The highest BCUT2D eigenvalue weighted by atomic mass is 32.2. The van der Waals surface area contributed by atoms with E-state index in [1.165, 1.54) is 10.6 Å². The van der Waals surface area contributed by atoms with Crippen molar-refractivity contribution in [3.05, 3.63) is 65.2 Å². The third-order valence-electron chi connectivity index (χ3n) is 5.80. The Hall–Kier alpha value is -2.87. The van der Waals surface area contributed by atoms with Crippen LogP contribution in [0.2, 0.25) is 0 Å². The van der Waals surface area contributed by atoms with Crippen molar-refractivity contribution in [2.75, 3.05) is 17.1 Å². The molecule has 8 heteroatoms. The average Bonchev–Trinajstić information content (AvgIpc) is 2.75. The molecular weight excluding hydrogens is 474 g/mol. The summed E-state index contributed by atoms with van der Waals surface area (Å²) in [6.07, 6.45) is 2.10. The maximum Gasteiger partial charge on any atom is 0.243 e. The second-order valence-corrected chi connectivity index (χ2v) is 12.4. The Morgan fingerprint density at radius 2 is 1.64 bits per heavy atom. The van der Waals surface area contributed by atoms with Gasteiger partial charge in [-0.05, 0) is 70.7 Å². The zero-order valence-electron chi connectivity index (χ0n) is 22.7. The van der Waals surface area contributed by atoms with E-state index in [0.717, 1.165) is 16.7 Å². The number of carbonyl (C=O) groups excluding carboxylic acids is 2. The Balaban J connectivity index is 2.23. The van der Waals surface area contributed by atoms with E-state index >= 15 is 0 Å². The number of nitrogens with one attached hydrogen (secondary N) is 1. The standard InChI is InChI=1S/C28H41N3O4S/c1-8-25(27(33)29-28(4,5)6)30(20-23-16-14-21(2)15-17-23)26(32)13-10-18-31(36(7,34)35)24-12-9-11-22(3)19-24/h9,11-12,14-17,19,25H,8,10,13,18,20H2,1-7H3,(H,29,33). The van der Waals surface area contributed by atoms with Crippen molar-refractivity contribution < 1.29 is 18.0 Å². The smallest absolute Gasteiger partial charge is 0.243 e. The van der Waals surface area contributed by atoms with Crippen LogP contribution in [0.15, 0.2) is 48.5 Å². The topological polar surface area (TPSA) is 86.8 Å². The van der Waals surface area contributed by atoms with Crippen LogP contribution in [0.3, 0.4) is 0 Å². The van der Waals surface area contributed by atoms with Gasteiger partial charge in [-0.15, -0.1) is 0 Å². The van der Waals surface area contributed by atoms with Gasteiger partial charge in [-0.1, -0.05) is 48.9 Å². The molecule has 0 aliphatic heterocycles. The number of rotatable bonds is 11. The van der Waals surface area contributed by atoms with E-state index < -0.39 is 21.6 Å². The van der Waals surface area contributed by atoms with E-state index in [2.05, 4.69) is 5.32 Å². The quantitative estimate of drug-likeness (QED) is 0.475. The molecule has 36 heavy (non-hydrogen) atoms. The van der Waals surface area contributed by atoms with Gasteiger partial charge >= 0.3 is 0 Å². The van der Waals surface area contributed by atoms with Crippen LogP contribution in [-0.2, 0) is 26.2 Å². The fraction of sp³-hybridized carbons (Fsp3) is 0.500. The van der Waals surface area contributed by atoms with Gasteiger partial charge < -0.3 is 10.2 Å². The summed E-state index contributed by atoms with van der Waals surface area (Å²) in [4.78, 5) is 28.2. The average molecular weight is 516 g/mol. The van der Waals surface area contributed by atoms with Crippen molar-refractivity contribution in [1.82, 2.24) is 10.2 Å². The molecule has 0 aliphatic rings. The molecule has 0 fully saturated rings. The van der Waals surface area contributed by atoms with E-state index in [1.807, 2.05) is 84.0 Å². The van der Waals surface area contributed by atoms with Crippen molar-refractivity contribution >= 4 is 27.5 Å². The summed E-state index contributed by atoms with van der Waals surface area (Å²) < 4.78 is 26.3. The highest BCUT2D eigenvalue weighted by molar-refractivity contribution is 7.92.